The number of anilines is 1. The lowest BCUT2D eigenvalue weighted by molar-refractivity contribution is -0.120. The molecule has 3 N–H and O–H groups in total. The molecule has 2 aromatic rings. The van der Waals surface area contributed by atoms with Crippen LogP contribution < -0.4 is 11.1 Å². The van der Waals surface area contributed by atoms with Crippen molar-refractivity contribution >= 4 is 11.6 Å². The van der Waals surface area contributed by atoms with Gasteiger partial charge in [-0.3, -0.25) is 9.36 Å². The molecule has 0 radical (unpaired) electrons. The molecular weight excluding hydrogens is 266 g/mol. The number of imidazole rings is 1. The van der Waals surface area contributed by atoms with Gasteiger partial charge in [0.25, 0.3) is 0 Å². The van der Waals surface area contributed by atoms with Crippen LogP contribution in [0.25, 0.3) is 5.82 Å². The average Bonchev–Trinajstić information content (AvgIpc) is 2.86. The molecule has 0 spiro atoms. The van der Waals surface area contributed by atoms with Gasteiger partial charge in [0.1, 0.15) is 5.82 Å². The van der Waals surface area contributed by atoms with Crippen molar-refractivity contribution in [3.05, 3.63) is 36.5 Å². The Labute approximate surface area is 124 Å². The Morgan fingerprint density at radius 1 is 1.38 bits per heavy atom. The zero-order valence-electron chi connectivity index (χ0n) is 12.6. The van der Waals surface area contributed by atoms with Crippen LogP contribution in [0.15, 0.2) is 30.7 Å². The van der Waals surface area contributed by atoms with Crippen LogP contribution in [0.3, 0.4) is 0 Å². The summed E-state index contributed by atoms with van der Waals surface area (Å²) in [6, 6.07) is 3.62. The first-order valence-corrected chi connectivity index (χ1v) is 7.01. The van der Waals surface area contributed by atoms with Gasteiger partial charge in [-0.25, -0.2) is 9.97 Å². The van der Waals surface area contributed by atoms with Crippen LogP contribution in [-0.4, -0.2) is 27.0 Å². The number of rotatable bonds is 5. The van der Waals surface area contributed by atoms with E-state index in [1.165, 1.54) is 0 Å². The van der Waals surface area contributed by atoms with Gasteiger partial charge in [0.2, 0.25) is 5.91 Å². The van der Waals surface area contributed by atoms with E-state index in [9.17, 15) is 4.79 Å². The van der Waals surface area contributed by atoms with Crippen LogP contribution in [0.5, 0.6) is 0 Å². The topological polar surface area (TPSA) is 85.8 Å². The van der Waals surface area contributed by atoms with Crippen LogP contribution in [0, 0.1) is 18.8 Å². The molecule has 6 heteroatoms. The van der Waals surface area contributed by atoms with Crippen LogP contribution in [0.4, 0.5) is 5.69 Å². The Hall–Kier alpha value is -2.21. The second kappa shape index (κ2) is 6.49. The molecule has 0 aromatic carbocycles. The molecule has 112 valence electrons. The number of aromatic nitrogens is 3. The third-order valence-corrected chi connectivity index (χ3v) is 3.49. The third kappa shape index (κ3) is 3.28. The number of nitrogens with two attached hydrogens (primary N) is 1. The van der Waals surface area contributed by atoms with Crippen LogP contribution in [0.1, 0.15) is 19.7 Å². The number of hydrogen-bond donors (Lipinski definition) is 2. The minimum Gasteiger partial charge on any atom is -0.330 e. The van der Waals surface area contributed by atoms with Gasteiger partial charge in [0, 0.05) is 25.1 Å². The van der Waals surface area contributed by atoms with Gasteiger partial charge < -0.3 is 11.1 Å². The Kier molecular flexibility index (Phi) is 4.70. The van der Waals surface area contributed by atoms with Crippen molar-refractivity contribution < 1.29 is 4.79 Å². The zero-order valence-corrected chi connectivity index (χ0v) is 12.6. The number of amides is 1. The molecular formula is C15H21N5O. The number of nitrogens with zero attached hydrogens (tertiary/aromatic N) is 3. The van der Waals surface area contributed by atoms with Crippen molar-refractivity contribution in [2.24, 2.45) is 17.6 Å². The predicted molar refractivity (Wildman–Crippen MR) is 82.1 cm³/mol. The summed E-state index contributed by atoms with van der Waals surface area (Å²) in [6.45, 7) is 6.18. The number of hydrogen-bond acceptors (Lipinski definition) is 4. The maximum absolute atomic E-state index is 12.3. The Balaban J connectivity index is 2.30. The number of carbonyl (C=O) groups excluding carboxylic acids is 1. The van der Waals surface area contributed by atoms with Crippen molar-refractivity contribution in [3.8, 4) is 5.82 Å². The molecule has 21 heavy (non-hydrogen) atoms. The van der Waals surface area contributed by atoms with E-state index in [4.69, 9.17) is 5.73 Å². The van der Waals surface area contributed by atoms with Gasteiger partial charge in [-0.2, -0.15) is 0 Å². The van der Waals surface area contributed by atoms with Crippen molar-refractivity contribution in [1.82, 2.24) is 14.5 Å². The van der Waals surface area contributed by atoms with Crippen LogP contribution >= 0.6 is 0 Å². The van der Waals surface area contributed by atoms with Crippen molar-refractivity contribution in [2.75, 3.05) is 11.9 Å². The van der Waals surface area contributed by atoms with Crippen LogP contribution in [-0.2, 0) is 4.79 Å². The summed E-state index contributed by atoms with van der Waals surface area (Å²) in [5.74, 6) is 1.34. The van der Waals surface area contributed by atoms with E-state index in [1.54, 1.807) is 18.5 Å². The van der Waals surface area contributed by atoms with E-state index in [2.05, 4.69) is 15.3 Å². The van der Waals surface area contributed by atoms with Crippen molar-refractivity contribution in [3.63, 3.8) is 0 Å². The highest BCUT2D eigenvalue weighted by Gasteiger charge is 2.21. The average molecular weight is 287 g/mol. The Morgan fingerprint density at radius 2 is 2.14 bits per heavy atom. The molecule has 2 aromatic heterocycles. The molecule has 2 heterocycles. The molecule has 0 fully saturated rings. The first kappa shape index (κ1) is 15.2. The molecule has 1 atom stereocenters. The fraction of sp³-hybridized carbons (Fsp3) is 0.400. The van der Waals surface area contributed by atoms with E-state index < -0.39 is 0 Å². The molecule has 2 rings (SSSR count). The van der Waals surface area contributed by atoms with E-state index >= 15 is 0 Å². The van der Waals surface area contributed by atoms with E-state index in [1.807, 2.05) is 37.6 Å². The highest BCUT2D eigenvalue weighted by molar-refractivity contribution is 5.94. The largest absolute Gasteiger partial charge is 0.330 e. The highest BCUT2D eigenvalue weighted by Crippen LogP contribution is 2.20. The second-order valence-electron chi connectivity index (χ2n) is 5.29. The Morgan fingerprint density at radius 3 is 2.71 bits per heavy atom. The lowest BCUT2D eigenvalue weighted by atomic mass is 9.95. The monoisotopic (exact) mass is 287 g/mol. The number of pyridine rings is 1. The van der Waals surface area contributed by atoms with Gasteiger partial charge in [-0.1, -0.05) is 13.8 Å². The van der Waals surface area contributed by atoms with E-state index in [0.29, 0.717) is 18.1 Å². The maximum Gasteiger partial charge on any atom is 0.229 e. The standard InChI is InChI=1S/C15H21N5O/c1-10(2)12(9-16)15(21)19-13-5-4-6-18-14(13)20-8-7-17-11(20)3/h4-8,10,12H,9,16H2,1-3H3,(H,19,21). The van der Waals surface area contributed by atoms with Gasteiger partial charge in [0.15, 0.2) is 5.82 Å². The van der Waals surface area contributed by atoms with E-state index in [-0.39, 0.29) is 17.7 Å². The first-order chi connectivity index (χ1) is 10.0. The van der Waals surface area contributed by atoms with Gasteiger partial charge in [0.05, 0.1) is 11.6 Å². The number of nitrogens with one attached hydrogen (secondary N) is 1. The summed E-state index contributed by atoms with van der Waals surface area (Å²) in [4.78, 5) is 20.9. The van der Waals surface area contributed by atoms with Crippen molar-refractivity contribution in [1.29, 1.82) is 0 Å². The second-order valence-corrected chi connectivity index (χ2v) is 5.29. The molecule has 0 bridgehead atoms. The fourth-order valence-electron chi connectivity index (χ4n) is 2.20. The lowest BCUT2D eigenvalue weighted by Crippen LogP contribution is -2.33. The summed E-state index contributed by atoms with van der Waals surface area (Å²) in [7, 11) is 0. The summed E-state index contributed by atoms with van der Waals surface area (Å²) in [6.07, 6.45) is 5.20. The maximum atomic E-state index is 12.3. The molecule has 1 unspecified atom stereocenters. The Bertz CT molecular complexity index is 620. The molecule has 0 saturated heterocycles. The third-order valence-electron chi connectivity index (χ3n) is 3.49. The van der Waals surface area contributed by atoms with Crippen LogP contribution in [0.2, 0.25) is 0 Å². The normalized spacial score (nSPS) is 12.4. The van der Waals surface area contributed by atoms with Gasteiger partial charge >= 0.3 is 0 Å². The minimum absolute atomic E-state index is 0.0838. The fourth-order valence-corrected chi connectivity index (χ4v) is 2.20. The van der Waals surface area contributed by atoms with Gasteiger partial charge in [-0.15, -0.1) is 0 Å². The first-order valence-electron chi connectivity index (χ1n) is 7.01. The molecule has 1 amide bonds. The highest BCUT2D eigenvalue weighted by atomic mass is 16.1. The summed E-state index contributed by atoms with van der Waals surface area (Å²) in [5.41, 5.74) is 6.35. The molecule has 0 aliphatic carbocycles. The smallest absolute Gasteiger partial charge is 0.229 e. The molecule has 0 saturated carbocycles. The summed E-state index contributed by atoms with van der Waals surface area (Å²) >= 11 is 0. The zero-order chi connectivity index (χ0) is 15.4. The molecule has 0 aliphatic rings. The minimum atomic E-state index is -0.220. The molecule has 6 nitrogen and oxygen atoms in total. The predicted octanol–water partition coefficient (Wildman–Crippen LogP) is 1.75. The van der Waals surface area contributed by atoms with Gasteiger partial charge in [-0.05, 0) is 25.0 Å². The SMILES string of the molecule is Cc1nccn1-c1ncccc1NC(=O)C(CN)C(C)C. The lowest BCUT2D eigenvalue weighted by Gasteiger charge is -2.19. The quantitative estimate of drug-likeness (QED) is 0.877. The van der Waals surface area contributed by atoms with E-state index in [0.717, 1.165) is 5.82 Å². The summed E-state index contributed by atoms with van der Waals surface area (Å²) in [5, 5.41) is 2.93. The summed E-state index contributed by atoms with van der Waals surface area (Å²) < 4.78 is 1.84. The molecule has 0 aliphatic heterocycles. The number of aryl methyl sites for hydroxylation is 1. The number of carbonyl (C=O) groups is 1. The van der Waals surface area contributed by atoms with Crippen molar-refractivity contribution in [2.45, 2.75) is 20.8 Å².